The Morgan fingerprint density at radius 3 is 2.52 bits per heavy atom. The first kappa shape index (κ1) is 16.9. The highest BCUT2D eigenvalue weighted by atomic mass is 32.2. The Hall–Kier alpha value is -1.56. The molecule has 0 unspecified atom stereocenters. The van der Waals surface area contributed by atoms with Crippen LogP contribution in [0.4, 0.5) is 15.8 Å². The molecule has 4 rings (SSSR count). The molecule has 132 valence electrons. The molecule has 0 amide bonds. The summed E-state index contributed by atoms with van der Waals surface area (Å²) in [4.78, 5) is 9.60. The first-order chi connectivity index (χ1) is 12.2. The maximum absolute atomic E-state index is 13.8. The van der Waals surface area contributed by atoms with Crippen molar-refractivity contribution in [2.45, 2.75) is 16.2 Å². The largest absolute Gasteiger partial charge is 0.340 e. The molecule has 5 heteroatoms. The summed E-state index contributed by atoms with van der Waals surface area (Å²) in [5.74, 6) is -0.164. The van der Waals surface area contributed by atoms with Crippen LogP contribution in [-0.4, -0.2) is 56.1 Å². The summed E-state index contributed by atoms with van der Waals surface area (Å²) >= 11 is 1.73. The predicted molar refractivity (Wildman–Crippen MR) is 103 cm³/mol. The zero-order chi connectivity index (χ0) is 17.2. The zero-order valence-electron chi connectivity index (χ0n) is 14.6. The minimum atomic E-state index is -0.164. The van der Waals surface area contributed by atoms with Gasteiger partial charge in [-0.05, 0) is 50.3 Å². The maximum atomic E-state index is 13.8. The molecule has 0 atom stereocenters. The maximum Gasteiger partial charge on any atom is 0.125 e. The van der Waals surface area contributed by atoms with E-state index in [9.17, 15) is 4.39 Å². The molecule has 2 aromatic rings. The summed E-state index contributed by atoms with van der Waals surface area (Å²) < 4.78 is 13.8. The van der Waals surface area contributed by atoms with Gasteiger partial charge in [-0.3, -0.25) is 0 Å². The number of rotatable bonds is 4. The summed E-state index contributed by atoms with van der Waals surface area (Å²) in [6.07, 6.45) is 1.08. The highest BCUT2D eigenvalue weighted by Crippen LogP contribution is 2.48. The van der Waals surface area contributed by atoms with E-state index in [1.807, 2.05) is 6.07 Å². The van der Waals surface area contributed by atoms with Gasteiger partial charge in [0.05, 0.1) is 11.4 Å². The van der Waals surface area contributed by atoms with E-state index in [4.69, 9.17) is 0 Å². The van der Waals surface area contributed by atoms with Crippen LogP contribution in [0.1, 0.15) is 6.42 Å². The second kappa shape index (κ2) is 7.36. The van der Waals surface area contributed by atoms with Gasteiger partial charge in [0.1, 0.15) is 5.82 Å². The SMILES string of the molecule is CN1CCN(CCCN2c3ccccc3Sc3ccc(F)cc32)CC1. The Labute approximate surface area is 153 Å². The number of benzene rings is 2. The van der Waals surface area contributed by atoms with E-state index >= 15 is 0 Å². The molecule has 0 bridgehead atoms. The van der Waals surface area contributed by atoms with Gasteiger partial charge < -0.3 is 14.7 Å². The van der Waals surface area contributed by atoms with Crippen LogP contribution in [0.15, 0.2) is 52.3 Å². The number of piperazine rings is 1. The fraction of sp³-hybridized carbons (Fsp3) is 0.400. The van der Waals surface area contributed by atoms with Gasteiger partial charge in [0, 0.05) is 42.5 Å². The van der Waals surface area contributed by atoms with Crippen molar-refractivity contribution in [2.24, 2.45) is 0 Å². The summed E-state index contributed by atoms with van der Waals surface area (Å²) in [5, 5.41) is 0. The van der Waals surface area contributed by atoms with E-state index in [2.05, 4.69) is 46.0 Å². The molecule has 0 aromatic heterocycles. The lowest BCUT2D eigenvalue weighted by atomic mass is 10.2. The van der Waals surface area contributed by atoms with Crippen LogP contribution in [0.5, 0.6) is 0 Å². The van der Waals surface area contributed by atoms with E-state index in [1.54, 1.807) is 23.9 Å². The second-order valence-corrected chi connectivity index (χ2v) is 7.92. The molecule has 0 spiro atoms. The Bertz CT molecular complexity index is 743. The van der Waals surface area contributed by atoms with Gasteiger partial charge in [-0.15, -0.1) is 0 Å². The fourth-order valence-electron chi connectivity index (χ4n) is 3.57. The van der Waals surface area contributed by atoms with E-state index in [0.717, 1.165) is 56.3 Å². The van der Waals surface area contributed by atoms with Crippen molar-refractivity contribution in [1.82, 2.24) is 9.80 Å². The molecule has 1 saturated heterocycles. The molecule has 3 nitrogen and oxygen atoms in total. The lowest BCUT2D eigenvalue weighted by Gasteiger charge is -2.35. The standard InChI is InChI=1S/C20H24FN3S/c1-22-11-13-23(14-12-22)9-4-10-24-17-5-2-3-6-19(17)25-20-8-7-16(21)15-18(20)24/h2-3,5-8,15H,4,9-14H2,1H3. The highest BCUT2D eigenvalue weighted by molar-refractivity contribution is 7.99. The van der Waals surface area contributed by atoms with Crippen molar-refractivity contribution in [3.8, 4) is 0 Å². The third-order valence-corrected chi connectivity index (χ3v) is 6.17. The average Bonchev–Trinajstić information content (AvgIpc) is 2.63. The van der Waals surface area contributed by atoms with Gasteiger partial charge in [0.15, 0.2) is 0 Å². The molecule has 0 radical (unpaired) electrons. The first-order valence-corrected chi connectivity index (χ1v) is 9.77. The summed E-state index contributed by atoms with van der Waals surface area (Å²) in [7, 11) is 2.19. The molecule has 0 N–H and O–H groups in total. The van der Waals surface area contributed by atoms with E-state index in [0.29, 0.717) is 0 Å². The Kier molecular flexibility index (Phi) is 4.97. The van der Waals surface area contributed by atoms with Crippen molar-refractivity contribution >= 4 is 23.1 Å². The lowest BCUT2D eigenvalue weighted by molar-refractivity contribution is 0.153. The molecule has 2 aliphatic rings. The first-order valence-electron chi connectivity index (χ1n) is 8.95. The van der Waals surface area contributed by atoms with E-state index in [1.165, 1.54) is 10.6 Å². The normalized spacial score (nSPS) is 18.1. The van der Waals surface area contributed by atoms with Gasteiger partial charge in [0.25, 0.3) is 0 Å². The summed E-state index contributed by atoms with van der Waals surface area (Å²) in [6, 6.07) is 13.6. The van der Waals surface area contributed by atoms with E-state index in [-0.39, 0.29) is 5.82 Å². The Morgan fingerprint density at radius 1 is 0.920 bits per heavy atom. The van der Waals surface area contributed by atoms with Gasteiger partial charge >= 0.3 is 0 Å². The van der Waals surface area contributed by atoms with Crippen molar-refractivity contribution in [1.29, 1.82) is 0 Å². The van der Waals surface area contributed by atoms with Crippen LogP contribution in [0, 0.1) is 5.82 Å². The van der Waals surface area contributed by atoms with Crippen LogP contribution < -0.4 is 4.90 Å². The number of hydrogen-bond donors (Lipinski definition) is 0. The van der Waals surface area contributed by atoms with Gasteiger partial charge in [0.2, 0.25) is 0 Å². The number of anilines is 2. The van der Waals surface area contributed by atoms with Crippen LogP contribution in [-0.2, 0) is 0 Å². The Morgan fingerprint density at radius 2 is 1.68 bits per heavy atom. The molecule has 2 heterocycles. The lowest BCUT2D eigenvalue weighted by Crippen LogP contribution is -2.45. The van der Waals surface area contributed by atoms with Crippen molar-refractivity contribution < 1.29 is 4.39 Å². The van der Waals surface area contributed by atoms with Crippen LogP contribution in [0.2, 0.25) is 0 Å². The van der Waals surface area contributed by atoms with Gasteiger partial charge in [-0.25, -0.2) is 4.39 Å². The quantitative estimate of drug-likeness (QED) is 0.816. The molecular weight excluding hydrogens is 333 g/mol. The molecular formula is C20H24FN3S. The number of para-hydroxylation sites is 1. The van der Waals surface area contributed by atoms with Crippen LogP contribution >= 0.6 is 11.8 Å². The minimum absolute atomic E-state index is 0.164. The van der Waals surface area contributed by atoms with E-state index < -0.39 is 0 Å². The summed E-state index contributed by atoms with van der Waals surface area (Å²) in [5.41, 5.74) is 2.20. The molecule has 2 aromatic carbocycles. The van der Waals surface area contributed by atoms with Crippen LogP contribution in [0.3, 0.4) is 0 Å². The highest BCUT2D eigenvalue weighted by Gasteiger charge is 2.23. The number of likely N-dealkylation sites (N-methyl/N-ethyl adjacent to an activating group) is 1. The van der Waals surface area contributed by atoms with Gasteiger partial charge in [-0.1, -0.05) is 23.9 Å². The number of halogens is 1. The monoisotopic (exact) mass is 357 g/mol. The molecule has 1 fully saturated rings. The minimum Gasteiger partial charge on any atom is -0.340 e. The summed E-state index contributed by atoms with van der Waals surface area (Å²) in [6.45, 7) is 6.61. The number of hydrogen-bond acceptors (Lipinski definition) is 4. The fourth-order valence-corrected chi connectivity index (χ4v) is 4.64. The Balaban J connectivity index is 1.49. The van der Waals surface area contributed by atoms with Crippen molar-refractivity contribution in [3.05, 3.63) is 48.3 Å². The average molecular weight is 357 g/mol. The van der Waals surface area contributed by atoms with Crippen molar-refractivity contribution in [2.75, 3.05) is 51.2 Å². The second-order valence-electron chi connectivity index (χ2n) is 6.83. The predicted octanol–water partition coefficient (Wildman–Crippen LogP) is 4.07. The third-order valence-electron chi connectivity index (χ3n) is 5.04. The van der Waals surface area contributed by atoms with Gasteiger partial charge in [-0.2, -0.15) is 0 Å². The topological polar surface area (TPSA) is 9.72 Å². The molecule has 0 saturated carbocycles. The molecule has 25 heavy (non-hydrogen) atoms. The zero-order valence-corrected chi connectivity index (χ0v) is 15.4. The number of nitrogens with zero attached hydrogens (tertiary/aromatic N) is 3. The number of fused-ring (bicyclic) bond motifs is 2. The smallest absolute Gasteiger partial charge is 0.125 e. The molecule has 2 aliphatic heterocycles. The molecule has 0 aliphatic carbocycles. The van der Waals surface area contributed by atoms with Crippen molar-refractivity contribution in [3.63, 3.8) is 0 Å². The third kappa shape index (κ3) is 3.68. The van der Waals surface area contributed by atoms with Crippen LogP contribution in [0.25, 0.3) is 0 Å².